The van der Waals surface area contributed by atoms with E-state index >= 15 is 0 Å². The molecule has 0 amide bonds. The van der Waals surface area contributed by atoms with Crippen molar-refractivity contribution in [2.75, 3.05) is 0 Å². The Morgan fingerprint density at radius 3 is 0.800 bits per heavy atom. The summed E-state index contributed by atoms with van der Waals surface area (Å²) in [6.45, 7) is 0. The van der Waals surface area contributed by atoms with Gasteiger partial charge in [0.25, 0.3) is 0 Å². The second kappa shape index (κ2) is 15.7. The molecular formula is H2GeN2O7. The molecule has 2 radical (unpaired) electrons. The van der Waals surface area contributed by atoms with Crippen molar-refractivity contribution in [3.63, 3.8) is 0 Å². The van der Waals surface area contributed by atoms with Crippen LogP contribution in [0, 0.1) is 30.6 Å². The third-order valence-electron chi connectivity index (χ3n) is 0. The molecule has 0 heterocycles. The molecule has 0 bridgehead atoms. The van der Waals surface area contributed by atoms with Gasteiger partial charge in [0, 0.05) is 0 Å². The van der Waals surface area contributed by atoms with Gasteiger partial charge in [-0.25, -0.2) is 0 Å². The van der Waals surface area contributed by atoms with Crippen LogP contribution in [0.2, 0.25) is 0 Å². The summed E-state index contributed by atoms with van der Waals surface area (Å²) >= 11 is 0. The third-order valence-corrected chi connectivity index (χ3v) is 0. The van der Waals surface area contributed by atoms with E-state index in [4.69, 9.17) is 30.6 Å². The average molecular weight is 215 g/mol. The van der Waals surface area contributed by atoms with Crippen LogP contribution in [0.4, 0.5) is 0 Å². The molecule has 0 aliphatic rings. The summed E-state index contributed by atoms with van der Waals surface area (Å²) in [5.41, 5.74) is 0. The van der Waals surface area contributed by atoms with Crippen LogP contribution in [0.1, 0.15) is 0 Å². The first-order valence-corrected chi connectivity index (χ1v) is 1.10. The Hall–Kier alpha value is -1.10. The minimum atomic E-state index is -1.75. The van der Waals surface area contributed by atoms with E-state index < -0.39 is 10.2 Å². The number of nitrogens with zero attached hydrogens (tertiary/aromatic N) is 2. The van der Waals surface area contributed by atoms with Crippen LogP contribution in [0.25, 0.3) is 0 Å². The molecule has 0 unspecified atom stereocenters. The minimum absolute atomic E-state index is 0. The van der Waals surface area contributed by atoms with Crippen molar-refractivity contribution in [1.82, 2.24) is 0 Å². The Morgan fingerprint density at radius 1 is 0.800 bits per heavy atom. The Bertz CT molecular complexity index is 69.6. The first-order chi connectivity index (χ1) is 3.46. The van der Waals surface area contributed by atoms with E-state index in [1.54, 1.807) is 0 Å². The summed E-state index contributed by atoms with van der Waals surface area (Å²) < 4.78 is 0. The molecule has 2 N–H and O–H groups in total. The molecule has 58 valence electrons. The zero-order valence-corrected chi connectivity index (χ0v) is 6.44. The molecule has 0 aliphatic carbocycles. The van der Waals surface area contributed by atoms with E-state index in [1.807, 2.05) is 0 Å². The van der Waals surface area contributed by atoms with Crippen LogP contribution >= 0.6 is 0 Å². The third kappa shape index (κ3) is 200. The summed E-state index contributed by atoms with van der Waals surface area (Å²) in [7, 11) is 0. The molecule has 10 heteroatoms. The van der Waals surface area contributed by atoms with E-state index in [1.165, 1.54) is 0 Å². The van der Waals surface area contributed by atoms with E-state index in [0.717, 1.165) is 0 Å². The maximum atomic E-state index is 8.25. The molecule has 0 aromatic carbocycles. The molecular weight excluding hydrogens is 213 g/mol. The summed E-state index contributed by atoms with van der Waals surface area (Å²) in [6.07, 6.45) is 0. The van der Waals surface area contributed by atoms with Crippen LogP contribution in [-0.2, 0) is 0 Å². The second-order valence-electron chi connectivity index (χ2n) is 0.447. The Kier molecular flexibility index (Phi) is 36.2. The van der Waals surface area contributed by atoms with Gasteiger partial charge in [0.2, 0.25) is 0 Å². The fraction of sp³-hybridized carbons (Fsp3) is 0. The summed E-state index contributed by atoms with van der Waals surface area (Å²) in [4.78, 5) is 16.5. The van der Waals surface area contributed by atoms with Crippen LogP contribution in [0.15, 0.2) is 0 Å². The van der Waals surface area contributed by atoms with Gasteiger partial charge in [-0.05, 0) is 0 Å². The normalized spacial score (nSPS) is 4.80. The van der Waals surface area contributed by atoms with Crippen molar-refractivity contribution in [1.29, 1.82) is 0 Å². The van der Waals surface area contributed by atoms with Crippen LogP contribution in [-0.4, -0.2) is 33.2 Å². The standard InChI is InChI=1S/Ge.2NO3.H2O/c;2*2-1(3)4;/h;;;1H2/q+2;2*-1;. The number of hydrogen-bond donors (Lipinski definition) is 0. The average Bonchev–Trinajstić information content (AvgIpc) is 1.25. The van der Waals surface area contributed by atoms with Crippen molar-refractivity contribution >= 4 is 17.6 Å². The largest absolute Gasteiger partial charge is 2.00 e. The molecule has 0 fully saturated rings. The van der Waals surface area contributed by atoms with Gasteiger partial charge in [0.15, 0.2) is 0 Å². The first-order valence-electron chi connectivity index (χ1n) is 1.10. The predicted octanol–water partition coefficient (Wildman–Crippen LogP) is -1.68. The fourth-order valence-electron chi connectivity index (χ4n) is 0. The molecule has 0 spiro atoms. The van der Waals surface area contributed by atoms with Crippen LogP contribution < -0.4 is 0 Å². The molecule has 0 saturated carbocycles. The Labute approximate surface area is 64.8 Å². The van der Waals surface area contributed by atoms with Gasteiger partial charge in [-0.2, -0.15) is 0 Å². The number of hydrogen-bond acceptors (Lipinski definition) is 6. The zero-order valence-electron chi connectivity index (χ0n) is 4.34. The molecule has 0 rings (SSSR count). The summed E-state index contributed by atoms with van der Waals surface area (Å²) in [5, 5.41) is 29.5. The molecule has 0 aromatic heterocycles. The van der Waals surface area contributed by atoms with E-state index in [-0.39, 0.29) is 23.1 Å². The van der Waals surface area contributed by atoms with Crippen LogP contribution in [0.3, 0.4) is 0 Å². The van der Waals surface area contributed by atoms with Crippen molar-refractivity contribution in [3.05, 3.63) is 30.6 Å². The van der Waals surface area contributed by atoms with Gasteiger partial charge in [0.05, 0.1) is 10.2 Å². The van der Waals surface area contributed by atoms with Gasteiger partial charge in [0.1, 0.15) is 0 Å². The molecule has 0 aromatic rings. The van der Waals surface area contributed by atoms with E-state index in [9.17, 15) is 0 Å². The summed E-state index contributed by atoms with van der Waals surface area (Å²) in [6, 6.07) is 0. The number of rotatable bonds is 0. The fourth-order valence-corrected chi connectivity index (χ4v) is 0. The quantitative estimate of drug-likeness (QED) is 0.265. The smallest absolute Gasteiger partial charge is 0.412 e. The Balaban J connectivity index is -0.0000000300. The Morgan fingerprint density at radius 2 is 0.800 bits per heavy atom. The summed E-state index contributed by atoms with van der Waals surface area (Å²) in [5.74, 6) is 0. The van der Waals surface area contributed by atoms with Gasteiger partial charge in [-0.15, -0.1) is 0 Å². The second-order valence-corrected chi connectivity index (χ2v) is 0.447. The molecule has 10 heavy (non-hydrogen) atoms. The first kappa shape index (κ1) is 23.1. The van der Waals surface area contributed by atoms with Crippen molar-refractivity contribution < 1.29 is 15.6 Å². The topological polar surface area (TPSA) is 164 Å². The maximum absolute atomic E-state index is 8.25. The maximum Gasteiger partial charge on any atom is 2.00 e. The monoisotopic (exact) mass is 216 g/mol. The van der Waals surface area contributed by atoms with E-state index in [0.29, 0.717) is 0 Å². The molecule has 0 atom stereocenters. The molecule has 0 saturated heterocycles. The molecule has 0 aliphatic heterocycles. The minimum Gasteiger partial charge on any atom is -0.412 e. The van der Waals surface area contributed by atoms with Gasteiger partial charge in [-0.1, -0.05) is 0 Å². The van der Waals surface area contributed by atoms with Crippen molar-refractivity contribution in [3.8, 4) is 0 Å². The molecule has 9 nitrogen and oxygen atoms in total. The zero-order chi connectivity index (χ0) is 7.15. The van der Waals surface area contributed by atoms with E-state index in [2.05, 4.69) is 0 Å². The predicted molar refractivity (Wildman–Crippen MR) is 30.1 cm³/mol. The van der Waals surface area contributed by atoms with Crippen LogP contribution in [0.5, 0.6) is 0 Å². The van der Waals surface area contributed by atoms with Gasteiger partial charge in [-0.3, -0.25) is 0 Å². The van der Waals surface area contributed by atoms with Crippen molar-refractivity contribution in [2.45, 2.75) is 0 Å². The SMILES string of the molecule is O.O=[N+]([O-])[O-].O=[N+]([O-])[O-].[Ge+2]. The van der Waals surface area contributed by atoms with Crippen molar-refractivity contribution in [2.24, 2.45) is 0 Å². The van der Waals surface area contributed by atoms with Gasteiger partial charge < -0.3 is 36.1 Å². The van der Waals surface area contributed by atoms with Gasteiger partial charge >= 0.3 is 17.6 Å².